The normalized spacial score (nSPS) is 22.1. The summed E-state index contributed by atoms with van der Waals surface area (Å²) in [7, 11) is 0. The summed E-state index contributed by atoms with van der Waals surface area (Å²) in [5.74, 6) is 2.48. The Bertz CT molecular complexity index is 1230. The van der Waals surface area contributed by atoms with E-state index >= 15 is 0 Å². The topological polar surface area (TPSA) is 86.2 Å². The number of aryl methyl sites for hydroxylation is 4. The molecular formula is C24H27N5O2. The molecule has 160 valence electrons. The Morgan fingerprint density at radius 1 is 1.03 bits per heavy atom. The SMILES string of the molecule is Cc1cc(C)nc(-n2nc(C)c3c2N=C2CC(C)(C)CC(=O)C2C3c2ccc(C)o2)n1. The van der Waals surface area contributed by atoms with E-state index in [1.165, 1.54) is 0 Å². The van der Waals surface area contributed by atoms with E-state index in [9.17, 15) is 4.79 Å². The van der Waals surface area contributed by atoms with Crippen LogP contribution in [0.15, 0.2) is 27.6 Å². The molecule has 3 aromatic rings. The molecule has 1 fully saturated rings. The molecule has 0 radical (unpaired) electrons. The van der Waals surface area contributed by atoms with Crippen LogP contribution in [0.25, 0.3) is 5.95 Å². The Labute approximate surface area is 181 Å². The highest BCUT2D eigenvalue weighted by molar-refractivity contribution is 6.11. The van der Waals surface area contributed by atoms with Crippen LogP contribution in [0.1, 0.15) is 66.8 Å². The number of nitrogens with zero attached hydrogens (tertiary/aromatic N) is 5. The molecular weight excluding hydrogens is 390 g/mol. The highest BCUT2D eigenvalue weighted by atomic mass is 16.3. The van der Waals surface area contributed by atoms with Gasteiger partial charge < -0.3 is 4.42 Å². The van der Waals surface area contributed by atoms with Gasteiger partial charge in [-0.2, -0.15) is 9.78 Å². The number of fused-ring (bicyclic) bond motifs is 2. The van der Waals surface area contributed by atoms with Gasteiger partial charge >= 0.3 is 0 Å². The van der Waals surface area contributed by atoms with Crippen molar-refractivity contribution in [3.63, 3.8) is 0 Å². The first-order valence-electron chi connectivity index (χ1n) is 10.7. The summed E-state index contributed by atoms with van der Waals surface area (Å²) in [6, 6.07) is 5.86. The van der Waals surface area contributed by atoms with Crippen molar-refractivity contribution in [2.75, 3.05) is 0 Å². The highest BCUT2D eigenvalue weighted by Gasteiger charge is 2.48. The molecule has 7 nitrogen and oxygen atoms in total. The number of aromatic nitrogens is 4. The first kappa shape index (κ1) is 19.8. The number of furan rings is 1. The molecule has 2 unspecified atom stereocenters. The van der Waals surface area contributed by atoms with Crippen molar-refractivity contribution in [3.8, 4) is 5.95 Å². The Balaban J connectivity index is 1.77. The van der Waals surface area contributed by atoms with Crippen molar-refractivity contribution in [3.05, 3.63) is 52.4 Å². The molecule has 1 aliphatic carbocycles. The van der Waals surface area contributed by atoms with Crippen LogP contribution in [0.2, 0.25) is 0 Å². The van der Waals surface area contributed by atoms with Crippen molar-refractivity contribution in [1.82, 2.24) is 19.7 Å². The van der Waals surface area contributed by atoms with Crippen LogP contribution in [-0.2, 0) is 4.79 Å². The molecule has 0 spiro atoms. The van der Waals surface area contributed by atoms with Crippen molar-refractivity contribution < 1.29 is 9.21 Å². The summed E-state index contributed by atoms with van der Waals surface area (Å²) >= 11 is 0. The zero-order chi connectivity index (χ0) is 22.1. The van der Waals surface area contributed by atoms with Crippen LogP contribution in [0, 0.1) is 39.0 Å². The molecule has 7 heteroatoms. The molecule has 0 bridgehead atoms. The van der Waals surface area contributed by atoms with Crippen LogP contribution in [0.3, 0.4) is 0 Å². The molecule has 2 aliphatic rings. The van der Waals surface area contributed by atoms with Gasteiger partial charge in [0.05, 0.1) is 17.5 Å². The fourth-order valence-electron chi connectivity index (χ4n) is 5.09. The van der Waals surface area contributed by atoms with Gasteiger partial charge in [-0.05, 0) is 57.7 Å². The summed E-state index contributed by atoms with van der Waals surface area (Å²) in [6.07, 6.45) is 1.30. The Hall–Kier alpha value is -3.09. The minimum Gasteiger partial charge on any atom is -0.466 e. The molecule has 5 rings (SSSR count). The van der Waals surface area contributed by atoms with E-state index in [1.807, 2.05) is 45.9 Å². The number of hydrogen-bond donors (Lipinski definition) is 0. The van der Waals surface area contributed by atoms with Crippen molar-refractivity contribution >= 4 is 17.3 Å². The summed E-state index contributed by atoms with van der Waals surface area (Å²) in [5, 5.41) is 4.78. The average molecular weight is 418 g/mol. The van der Waals surface area contributed by atoms with Crippen LogP contribution >= 0.6 is 0 Å². The van der Waals surface area contributed by atoms with Gasteiger partial charge in [0.1, 0.15) is 17.3 Å². The number of carbonyl (C=O) groups excluding carboxylic acids is 1. The maximum Gasteiger partial charge on any atom is 0.252 e. The van der Waals surface area contributed by atoms with Crippen molar-refractivity contribution in [1.29, 1.82) is 0 Å². The van der Waals surface area contributed by atoms with Gasteiger partial charge in [0.15, 0.2) is 5.82 Å². The van der Waals surface area contributed by atoms with Gasteiger partial charge in [-0.1, -0.05) is 13.8 Å². The number of carbonyl (C=O) groups is 1. The number of aliphatic imine (C=N–C) groups is 1. The summed E-state index contributed by atoms with van der Waals surface area (Å²) < 4.78 is 7.79. The molecule has 31 heavy (non-hydrogen) atoms. The lowest BCUT2D eigenvalue weighted by Crippen LogP contribution is -2.42. The van der Waals surface area contributed by atoms with Crippen LogP contribution in [0.4, 0.5) is 5.82 Å². The fraction of sp³-hybridized carbons (Fsp3) is 0.458. The molecule has 1 saturated carbocycles. The minimum absolute atomic E-state index is 0.121. The van der Waals surface area contributed by atoms with Gasteiger partial charge in [0, 0.05) is 29.1 Å². The molecule has 2 atom stereocenters. The third-order valence-electron chi connectivity index (χ3n) is 6.22. The Kier molecular flexibility index (Phi) is 4.29. The third kappa shape index (κ3) is 3.23. The largest absolute Gasteiger partial charge is 0.466 e. The maximum absolute atomic E-state index is 13.3. The summed E-state index contributed by atoms with van der Waals surface area (Å²) in [4.78, 5) is 27.6. The lowest BCUT2D eigenvalue weighted by Gasteiger charge is -2.39. The second-order valence-corrected chi connectivity index (χ2v) is 9.68. The number of Topliss-reactive ketones (excluding diaryl/α,β-unsaturated/α-hetero) is 1. The fourth-order valence-corrected chi connectivity index (χ4v) is 5.09. The molecule has 4 heterocycles. The van der Waals surface area contributed by atoms with E-state index < -0.39 is 0 Å². The molecule has 0 aromatic carbocycles. The van der Waals surface area contributed by atoms with E-state index in [-0.39, 0.29) is 23.0 Å². The van der Waals surface area contributed by atoms with E-state index in [0.29, 0.717) is 18.2 Å². The maximum atomic E-state index is 13.3. The first-order chi connectivity index (χ1) is 14.6. The van der Waals surface area contributed by atoms with Crippen molar-refractivity contribution in [2.24, 2.45) is 16.3 Å². The standard InChI is InChI=1S/C24H27N5O2/c1-12-9-13(2)26-23(25-12)29-22-19(15(4)28-29)21(18-8-7-14(3)31-18)20-16(27-22)10-24(5,6)11-17(20)30/h7-9,20-21H,10-11H2,1-6H3. The number of hydrogen-bond acceptors (Lipinski definition) is 6. The van der Waals surface area contributed by atoms with Crippen LogP contribution in [-0.4, -0.2) is 31.2 Å². The monoisotopic (exact) mass is 417 g/mol. The molecule has 3 aromatic heterocycles. The van der Waals surface area contributed by atoms with Gasteiger partial charge in [0.25, 0.3) is 5.95 Å². The molecule has 1 aliphatic heterocycles. The van der Waals surface area contributed by atoms with Crippen molar-refractivity contribution in [2.45, 2.75) is 60.3 Å². The molecule has 0 saturated heterocycles. The van der Waals surface area contributed by atoms with E-state index in [0.717, 1.165) is 46.3 Å². The zero-order valence-corrected chi connectivity index (χ0v) is 18.9. The highest BCUT2D eigenvalue weighted by Crippen LogP contribution is 2.50. The predicted octanol–water partition coefficient (Wildman–Crippen LogP) is 4.71. The Morgan fingerprint density at radius 2 is 1.74 bits per heavy atom. The smallest absolute Gasteiger partial charge is 0.252 e. The van der Waals surface area contributed by atoms with E-state index in [2.05, 4.69) is 23.8 Å². The van der Waals surface area contributed by atoms with Gasteiger partial charge in [0.2, 0.25) is 0 Å². The second kappa shape index (κ2) is 6.70. The first-order valence-corrected chi connectivity index (χ1v) is 10.7. The Morgan fingerprint density at radius 3 is 2.39 bits per heavy atom. The lowest BCUT2D eigenvalue weighted by atomic mass is 9.64. The van der Waals surface area contributed by atoms with E-state index in [1.54, 1.807) is 4.68 Å². The minimum atomic E-state index is -0.317. The molecule has 0 amide bonds. The average Bonchev–Trinajstić information content (AvgIpc) is 3.22. The number of rotatable bonds is 2. The molecule has 0 N–H and O–H groups in total. The summed E-state index contributed by atoms with van der Waals surface area (Å²) in [6.45, 7) is 12.0. The van der Waals surface area contributed by atoms with E-state index in [4.69, 9.17) is 14.5 Å². The van der Waals surface area contributed by atoms with Gasteiger partial charge in [-0.3, -0.25) is 4.79 Å². The zero-order valence-electron chi connectivity index (χ0n) is 18.9. The van der Waals surface area contributed by atoms with Gasteiger partial charge in [-0.15, -0.1) is 0 Å². The van der Waals surface area contributed by atoms with Crippen LogP contribution in [0.5, 0.6) is 0 Å². The second-order valence-electron chi connectivity index (χ2n) is 9.68. The predicted molar refractivity (Wildman–Crippen MR) is 117 cm³/mol. The van der Waals surface area contributed by atoms with Gasteiger partial charge in [-0.25, -0.2) is 15.0 Å². The third-order valence-corrected chi connectivity index (χ3v) is 6.22. The van der Waals surface area contributed by atoms with Crippen LogP contribution < -0.4 is 0 Å². The summed E-state index contributed by atoms with van der Waals surface area (Å²) in [5.41, 5.74) is 4.27. The lowest BCUT2D eigenvalue weighted by molar-refractivity contribution is -0.124. The quantitative estimate of drug-likeness (QED) is 0.603. The number of ketones is 1.